The molecule has 1 N–H and O–H groups in total. The van der Waals surface area contributed by atoms with Gasteiger partial charge in [0.05, 0.1) is 11.9 Å². The van der Waals surface area contributed by atoms with Gasteiger partial charge in [0.1, 0.15) is 0 Å². The molecule has 1 atom stereocenters. The zero-order valence-corrected chi connectivity index (χ0v) is 13.2. The van der Waals surface area contributed by atoms with Gasteiger partial charge < -0.3 is 4.98 Å². The average Bonchev–Trinajstić information content (AvgIpc) is 2.73. The molecule has 5 heteroatoms. The number of aromatic nitrogens is 1. The molecule has 2 aromatic rings. The van der Waals surface area contributed by atoms with Crippen LogP contribution in [0, 0.1) is 5.92 Å². The number of H-pyrrole nitrogens is 1. The maximum Gasteiger partial charge on any atom is 0.232 e. The standard InChI is InChI=1S/C15H22N2O2S/c1-11(2)9-12(3)17(20(4,18)19)14-5-6-15-13(10-14)7-8-16-15/h5-8,10-12,16H,9H2,1-4H3/t12-/m0/s1. The van der Waals surface area contributed by atoms with Gasteiger partial charge in [-0.1, -0.05) is 13.8 Å². The summed E-state index contributed by atoms with van der Waals surface area (Å²) in [6, 6.07) is 7.60. The van der Waals surface area contributed by atoms with Crippen LogP contribution in [0.4, 0.5) is 5.69 Å². The summed E-state index contributed by atoms with van der Waals surface area (Å²) in [6.07, 6.45) is 3.96. The largest absolute Gasteiger partial charge is 0.361 e. The molecule has 0 bridgehead atoms. The van der Waals surface area contributed by atoms with E-state index >= 15 is 0 Å². The maximum atomic E-state index is 12.1. The second-order valence-electron chi connectivity index (χ2n) is 5.79. The van der Waals surface area contributed by atoms with Gasteiger partial charge in [0.2, 0.25) is 10.0 Å². The second-order valence-corrected chi connectivity index (χ2v) is 7.65. The van der Waals surface area contributed by atoms with Crippen LogP contribution in [0.25, 0.3) is 10.9 Å². The van der Waals surface area contributed by atoms with Crippen LogP contribution in [-0.4, -0.2) is 25.7 Å². The Morgan fingerprint density at radius 3 is 2.50 bits per heavy atom. The van der Waals surface area contributed by atoms with Crippen LogP contribution in [0.15, 0.2) is 30.5 Å². The number of hydrogen-bond donors (Lipinski definition) is 1. The van der Waals surface area contributed by atoms with Gasteiger partial charge in [-0.05, 0) is 43.5 Å². The molecule has 0 saturated heterocycles. The minimum Gasteiger partial charge on any atom is -0.361 e. The molecule has 0 saturated carbocycles. The first-order chi connectivity index (χ1) is 9.29. The molecule has 0 spiro atoms. The molecule has 110 valence electrons. The summed E-state index contributed by atoms with van der Waals surface area (Å²) in [4.78, 5) is 3.12. The van der Waals surface area contributed by atoms with Gasteiger partial charge in [0.25, 0.3) is 0 Å². The molecule has 1 aromatic carbocycles. The van der Waals surface area contributed by atoms with Crippen molar-refractivity contribution < 1.29 is 8.42 Å². The lowest BCUT2D eigenvalue weighted by atomic mass is 10.0. The fourth-order valence-corrected chi connectivity index (χ4v) is 3.96. The smallest absolute Gasteiger partial charge is 0.232 e. The number of sulfonamides is 1. The molecule has 0 aliphatic rings. The lowest BCUT2D eigenvalue weighted by molar-refractivity contribution is 0.510. The Labute approximate surface area is 120 Å². The SMILES string of the molecule is CC(C)C[C@H](C)N(c1ccc2[nH]ccc2c1)S(C)(=O)=O. The number of fused-ring (bicyclic) bond motifs is 1. The molecule has 0 radical (unpaired) electrons. The van der Waals surface area contributed by atoms with E-state index in [1.54, 1.807) is 0 Å². The number of aromatic amines is 1. The fraction of sp³-hybridized carbons (Fsp3) is 0.467. The lowest BCUT2D eigenvalue weighted by Crippen LogP contribution is -2.38. The van der Waals surface area contributed by atoms with E-state index in [9.17, 15) is 8.42 Å². The molecule has 0 unspecified atom stereocenters. The van der Waals surface area contributed by atoms with Crippen LogP contribution < -0.4 is 4.31 Å². The van der Waals surface area contributed by atoms with E-state index in [0.29, 0.717) is 5.92 Å². The third-order valence-corrected chi connectivity index (χ3v) is 4.65. The number of nitrogens with one attached hydrogen (secondary N) is 1. The van der Waals surface area contributed by atoms with Gasteiger partial charge in [0, 0.05) is 23.1 Å². The Morgan fingerprint density at radius 2 is 1.90 bits per heavy atom. The van der Waals surface area contributed by atoms with Crippen molar-refractivity contribution in [3.8, 4) is 0 Å². The van der Waals surface area contributed by atoms with E-state index in [1.165, 1.54) is 10.6 Å². The van der Waals surface area contributed by atoms with Gasteiger partial charge in [-0.3, -0.25) is 4.31 Å². The highest BCUT2D eigenvalue weighted by molar-refractivity contribution is 7.92. The molecule has 1 heterocycles. The quantitative estimate of drug-likeness (QED) is 0.919. The van der Waals surface area contributed by atoms with Gasteiger partial charge >= 0.3 is 0 Å². The number of rotatable bonds is 5. The van der Waals surface area contributed by atoms with E-state index in [0.717, 1.165) is 23.0 Å². The normalized spacial score (nSPS) is 13.8. The molecule has 0 amide bonds. The van der Waals surface area contributed by atoms with Crippen molar-refractivity contribution in [2.75, 3.05) is 10.6 Å². The fourth-order valence-electron chi connectivity index (χ4n) is 2.73. The Bertz CT molecular complexity index is 689. The molecule has 0 aliphatic heterocycles. The molecular formula is C15H22N2O2S. The van der Waals surface area contributed by atoms with Gasteiger partial charge in [0.15, 0.2) is 0 Å². The molecule has 0 fully saturated rings. The highest BCUT2D eigenvalue weighted by Gasteiger charge is 2.24. The van der Waals surface area contributed by atoms with Gasteiger partial charge in [-0.2, -0.15) is 0 Å². The lowest BCUT2D eigenvalue weighted by Gasteiger charge is -2.30. The highest BCUT2D eigenvalue weighted by atomic mass is 32.2. The second kappa shape index (κ2) is 5.48. The van der Waals surface area contributed by atoms with Crippen molar-refractivity contribution in [3.05, 3.63) is 30.5 Å². The molecule has 20 heavy (non-hydrogen) atoms. The van der Waals surface area contributed by atoms with Crippen LogP contribution in [0.2, 0.25) is 0 Å². The molecule has 2 rings (SSSR count). The Balaban J connectivity index is 2.45. The van der Waals surface area contributed by atoms with Crippen molar-refractivity contribution in [3.63, 3.8) is 0 Å². The third-order valence-electron chi connectivity index (χ3n) is 3.36. The predicted molar refractivity (Wildman–Crippen MR) is 84.5 cm³/mol. The van der Waals surface area contributed by atoms with Gasteiger partial charge in [-0.25, -0.2) is 8.42 Å². The predicted octanol–water partition coefficient (Wildman–Crippen LogP) is 3.37. The topological polar surface area (TPSA) is 53.2 Å². The summed E-state index contributed by atoms with van der Waals surface area (Å²) in [7, 11) is -3.29. The first-order valence-electron chi connectivity index (χ1n) is 6.85. The average molecular weight is 294 g/mol. The third kappa shape index (κ3) is 3.15. The summed E-state index contributed by atoms with van der Waals surface area (Å²) >= 11 is 0. The van der Waals surface area contributed by atoms with E-state index in [1.807, 2.05) is 37.4 Å². The van der Waals surface area contributed by atoms with Crippen LogP contribution in [0.3, 0.4) is 0 Å². The maximum absolute atomic E-state index is 12.1. The summed E-state index contributed by atoms with van der Waals surface area (Å²) in [5.74, 6) is 0.449. The van der Waals surface area contributed by atoms with E-state index in [4.69, 9.17) is 0 Å². The number of anilines is 1. The monoisotopic (exact) mass is 294 g/mol. The van der Waals surface area contributed by atoms with Crippen LogP contribution in [0.1, 0.15) is 27.2 Å². The first-order valence-corrected chi connectivity index (χ1v) is 8.70. The van der Waals surface area contributed by atoms with Crippen molar-refractivity contribution in [2.45, 2.75) is 33.2 Å². The minimum absolute atomic E-state index is 0.0543. The molecule has 1 aromatic heterocycles. The van der Waals surface area contributed by atoms with E-state index in [2.05, 4.69) is 18.8 Å². The highest BCUT2D eigenvalue weighted by Crippen LogP contribution is 2.27. The zero-order chi connectivity index (χ0) is 14.9. The molecular weight excluding hydrogens is 272 g/mol. The van der Waals surface area contributed by atoms with E-state index in [-0.39, 0.29) is 6.04 Å². The number of nitrogens with zero attached hydrogens (tertiary/aromatic N) is 1. The van der Waals surface area contributed by atoms with Crippen molar-refractivity contribution in [1.29, 1.82) is 0 Å². The van der Waals surface area contributed by atoms with Gasteiger partial charge in [-0.15, -0.1) is 0 Å². The molecule has 4 nitrogen and oxygen atoms in total. The van der Waals surface area contributed by atoms with Crippen molar-refractivity contribution in [2.24, 2.45) is 5.92 Å². The number of hydrogen-bond acceptors (Lipinski definition) is 2. The zero-order valence-electron chi connectivity index (χ0n) is 12.4. The molecule has 0 aliphatic carbocycles. The summed E-state index contributed by atoms with van der Waals surface area (Å²) in [5, 5.41) is 1.02. The summed E-state index contributed by atoms with van der Waals surface area (Å²) in [6.45, 7) is 6.17. The summed E-state index contributed by atoms with van der Waals surface area (Å²) < 4.78 is 25.8. The summed E-state index contributed by atoms with van der Waals surface area (Å²) in [5.41, 5.74) is 1.74. The Hall–Kier alpha value is -1.49. The van der Waals surface area contributed by atoms with Crippen LogP contribution >= 0.6 is 0 Å². The van der Waals surface area contributed by atoms with Crippen molar-refractivity contribution >= 4 is 26.6 Å². The minimum atomic E-state index is -3.29. The van der Waals surface area contributed by atoms with Crippen LogP contribution in [-0.2, 0) is 10.0 Å². The van der Waals surface area contributed by atoms with E-state index < -0.39 is 10.0 Å². The Morgan fingerprint density at radius 1 is 1.20 bits per heavy atom. The Kier molecular flexibility index (Phi) is 4.09. The van der Waals surface area contributed by atoms with Crippen LogP contribution in [0.5, 0.6) is 0 Å². The number of benzene rings is 1. The van der Waals surface area contributed by atoms with Crippen molar-refractivity contribution in [1.82, 2.24) is 4.98 Å². The first kappa shape index (κ1) is 14.9.